The van der Waals surface area contributed by atoms with Gasteiger partial charge in [0, 0.05) is 0 Å². The zero-order chi connectivity index (χ0) is 19.2. The molecule has 0 saturated carbocycles. The molecule has 0 fully saturated rings. The van der Waals surface area contributed by atoms with Crippen LogP contribution >= 0.6 is 11.3 Å². The lowest BCUT2D eigenvalue weighted by molar-refractivity contribution is -0.128. The van der Waals surface area contributed by atoms with E-state index < -0.39 is 6.04 Å². The number of amides is 2. The molecule has 27 heavy (non-hydrogen) atoms. The van der Waals surface area contributed by atoms with E-state index in [9.17, 15) is 9.59 Å². The van der Waals surface area contributed by atoms with Gasteiger partial charge in [-0.25, -0.2) is 4.98 Å². The molecule has 0 aliphatic heterocycles. The fourth-order valence-electron chi connectivity index (χ4n) is 2.44. The molecule has 0 radical (unpaired) electrons. The normalized spacial score (nSPS) is 11.6. The largest absolute Gasteiger partial charge is 0.497 e. The summed E-state index contributed by atoms with van der Waals surface area (Å²) in [6, 6.07) is 14.4. The van der Waals surface area contributed by atoms with Crippen LogP contribution in [0.25, 0.3) is 10.2 Å². The average molecular weight is 384 g/mol. The fourth-order valence-corrected chi connectivity index (χ4v) is 3.39. The van der Waals surface area contributed by atoms with E-state index in [0.29, 0.717) is 10.9 Å². The predicted octanol–water partition coefficient (Wildman–Crippen LogP) is 2.50. The molecule has 0 aliphatic carbocycles. The van der Waals surface area contributed by atoms with Crippen molar-refractivity contribution in [1.29, 1.82) is 0 Å². The van der Waals surface area contributed by atoms with Crippen molar-refractivity contribution in [2.45, 2.75) is 19.4 Å². The molecular formula is C19H20N4O3S. The summed E-state index contributed by atoms with van der Waals surface area (Å²) >= 11 is 1.47. The van der Waals surface area contributed by atoms with Gasteiger partial charge in [0.1, 0.15) is 11.8 Å². The van der Waals surface area contributed by atoms with Gasteiger partial charge in [-0.2, -0.15) is 0 Å². The van der Waals surface area contributed by atoms with Gasteiger partial charge >= 0.3 is 0 Å². The molecule has 140 valence electrons. The third-order valence-corrected chi connectivity index (χ3v) is 4.82. The minimum atomic E-state index is -0.553. The number of carbonyl (C=O) groups excluding carboxylic acids is 2. The number of hydrogen-bond acceptors (Lipinski definition) is 6. The van der Waals surface area contributed by atoms with E-state index in [1.54, 1.807) is 26.2 Å². The van der Waals surface area contributed by atoms with Crippen LogP contribution in [0, 0.1) is 0 Å². The monoisotopic (exact) mass is 384 g/mol. The van der Waals surface area contributed by atoms with Crippen molar-refractivity contribution in [2.75, 3.05) is 12.4 Å². The van der Waals surface area contributed by atoms with E-state index in [0.717, 1.165) is 15.8 Å². The Hall–Kier alpha value is -3.13. The summed E-state index contributed by atoms with van der Waals surface area (Å²) < 4.78 is 6.17. The molecule has 7 nitrogen and oxygen atoms in total. The van der Waals surface area contributed by atoms with Crippen molar-refractivity contribution >= 4 is 38.5 Å². The Labute approximate surface area is 160 Å². The molecule has 0 saturated heterocycles. The molecule has 0 unspecified atom stereocenters. The summed E-state index contributed by atoms with van der Waals surface area (Å²) in [7, 11) is 1.57. The molecule has 3 rings (SSSR count). The van der Waals surface area contributed by atoms with Crippen LogP contribution in [0.5, 0.6) is 5.75 Å². The van der Waals surface area contributed by atoms with E-state index in [2.05, 4.69) is 21.2 Å². The molecule has 1 aromatic heterocycles. The molecule has 8 heteroatoms. The number of anilines is 1. The van der Waals surface area contributed by atoms with E-state index >= 15 is 0 Å². The van der Waals surface area contributed by atoms with Crippen LogP contribution in [0.3, 0.4) is 0 Å². The van der Waals surface area contributed by atoms with Crippen molar-refractivity contribution in [3.05, 3.63) is 54.1 Å². The van der Waals surface area contributed by atoms with Gasteiger partial charge in [-0.3, -0.25) is 20.4 Å². The van der Waals surface area contributed by atoms with Crippen molar-refractivity contribution in [3.63, 3.8) is 0 Å². The maximum atomic E-state index is 12.2. The third-order valence-electron chi connectivity index (χ3n) is 3.85. The van der Waals surface area contributed by atoms with Crippen LogP contribution in [-0.4, -0.2) is 29.9 Å². The first kappa shape index (κ1) is 18.7. The lowest BCUT2D eigenvalue weighted by Crippen LogP contribution is -2.48. The number of nitrogens with one attached hydrogen (secondary N) is 3. The van der Waals surface area contributed by atoms with Gasteiger partial charge in [0.25, 0.3) is 5.91 Å². The van der Waals surface area contributed by atoms with Gasteiger partial charge in [-0.1, -0.05) is 35.6 Å². The highest BCUT2D eigenvalue weighted by molar-refractivity contribution is 7.22. The maximum absolute atomic E-state index is 12.2. The topological polar surface area (TPSA) is 92.4 Å². The van der Waals surface area contributed by atoms with Crippen LogP contribution in [0.15, 0.2) is 48.5 Å². The molecule has 0 bridgehead atoms. The van der Waals surface area contributed by atoms with E-state index in [1.165, 1.54) is 11.3 Å². The quantitative estimate of drug-likeness (QED) is 0.568. The summed E-state index contributed by atoms with van der Waals surface area (Å²) in [6.07, 6.45) is 0.136. The fraction of sp³-hybridized carbons (Fsp3) is 0.211. The first-order chi connectivity index (χ1) is 13.0. The first-order valence-electron chi connectivity index (χ1n) is 8.39. The van der Waals surface area contributed by atoms with Gasteiger partial charge in [0.15, 0.2) is 5.13 Å². The average Bonchev–Trinajstić information content (AvgIpc) is 3.08. The standard InChI is InChI=1S/C19H20N4O3S/c1-12(20-19-21-15-8-3-4-9-16(15)27-19)18(25)23-22-17(24)11-13-6-5-7-14(10-13)26-2/h3-10,12H,11H2,1-2H3,(H,20,21)(H,22,24)(H,23,25)/t12-/m0/s1. The minimum Gasteiger partial charge on any atom is -0.497 e. The van der Waals surface area contributed by atoms with E-state index in [4.69, 9.17) is 4.74 Å². The van der Waals surface area contributed by atoms with Gasteiger partial charge in [-0.15, -0.1) is 0 Å². The number of rotatable bonds is 6. The number of para-hydroxylation sites is 1. The summed E-state index contributed by atoms with van der Waals surface area (Å²) in [4.78, 5) is 28.6. The Morgan fingerprint density at radius 2 is 1.96 bits per heavy atom. The lowest BCUT2D eigenvalue weighted by Gasteiger charge is -2.14. The molecule has 3 N–H and O–H groups in total. The van der Waals surface area contributed by atoms with Crippen LogP contribution in [0.4, 0.5) is 5.13 Å². The van der Waals surface area contributed by atoms with Crippen molar-refractivity contribution in [2.24, 2.45) is 0 Å². The molecule has 2 amide bonds. The molecule has 3 aromatic rings. The van der Waals surface area contributed by atoms with Crippen molar-refractivity contribution < 1.29 is 14.3 Å². The Morgan fingerprint density at radius 3 is 2.74 bits per heavy atom. The molecule has 2 aromatic carbocycles. The van der Waals surface area contributed by atoms with Gasteiger partial charge in [-0.05, 0) is 36.8 Å². The zero-order valence-electron chi connectivity index (χ0n) is 15.0. The Balaban J connectivity index is 1.49. The van der Waals surface area contributed by atoms with E-state index in [-0.39, 0.29) is 18.2 Å². The molecule has 1 heterocycles. The second-order valence-corrected chi connectivity index (χ2v) is 6.95. The number of carbonyl (C=O) groups is 2. The number of nitrogens with zero attached hydrogens (tertiary/aromatic N) is 1. The summed E-state index contributed by atoms with van der Waals surface area (Å²) in [5.74, 6) is 0.00929. The predicted molar refractivity (Wildman–Crippen MR) is 106 cm³/mol. The minimum absolute atomic E-state index is 0.136. The van der Waals surface area contributed by atoms with Crippen LogP contribution in [0.1, 0.15) is 12.5 Å². The SMILES string of the molecule is COc1cccc(CC(=O)NNC(=O)[C@H](C)Nc2nc3ccccc3s2)c1. The molecule has 0 spiro atoms. The summed E-state index contributed by atoms with van der Waals surface area (Å²) in [5, 5.41) is 3.70. The first-order valence-corrected chi connectivity index (χ1v) is 9.20. The van der Waals surface area contributed by atoms with Crippen molar-refractivity contribution in [1.82, 2.24) is 15.8 Å². The van der Waals surface area contributed by atoms with Gasteiger partial charge in [0.2, 0.25) is 5.91 Å². The second kappa shape index (κ2) is 8.50. The molecule has 0 aliphatic rings. The number of thiazole rings is 1. The van der Waals surface area contributed by atoms with Crippen LogP contribution < -0.4 is 20.9 Å². The Morgan fingerprint density at radius 1 is 1.15 bits per heavy atom. The molecule has 1 atom stereocenters. The number of aromatic nitrogens is 1. The highest BCUT2D eigenvalue weighted by Gasteiger charge is 2.15. The smallest absolute Gasteiger partial charge is 0.260 e. The number of hydrogen-bond donors (Lipinski definition) is 3. The number of hydrazine groups is 1. The number of ether oxygens (including phenoxy) is 1. The third kappa shape index (κ3) is 4.95. The van der Waals surface area contributed by atoms with Gasteiger partial charge < -0.3 is 10.1 Å². The van der Waals surface area contributed by atoms with Crippen molar-refractivity contribution in [3.8, 4) is 5.75 Å². The summed E-state index contributed by atoms with van der Waals surface area (Å²) in [5.41, 5.74) is 6.53. The van der Waals surface area contributed by atoms with Gasteiger partial charge in [0.05, 0.1) is 23.7 Å². The number of benzene rings is 2. The zero-order valence-corrected chi connectivity index (χ0v) is 15.8. The number of fused-ring (bicyclic) bond motifs is 1. The maximum Gasteiger partial charge on any atom is 0.260 e. The molecular weight excluding hydrogens is 364 g/mol. The van der Waals surface area contributed by atoms with Crippen LogP contribution in [-0.2, 0) is 16.0 Å². The summed E-state index contributed by atoms with van der Waals surface area (Å²) in [6.45, 7) is 1.70. The van der Waals surface area contributed by atoms with E-state index in [1.807, 2.05) is 36.4 Å². The lowest BCUT2D eigenvalue weighted by atomic mass is 10.1. The number of methoxy groups -OCH3 is 1. The highest BCUT2D eigenvalue weighted by atomic mass is 32.1. The second-order valence-electron chi connectivity index (χ2n) is 5.92. The highest BCUT2D eigenvalue weighted by Crippen LogP contribution is 2.25. The van der Waals surface area contributed by atoms with Crippen LogP contribution in [0.2, 0.25) is 0 Å². The Bertz CT molecular complexity index is 924. The Kier molecular flexibility index (Phi) is 5.87.